The van der Waals surface area contributed by atoms with Crippen molar-refractivity contribution in [2.75, 3.05) is 6.54 Å². The monoisotopic (exact) mass is 285 g/mol. The first kappa shape index (κ1) is 13.2. The molecule has 1 aliphatic carbocycles. The summed E-state index contributed by atoms with van der Waals surface area (Å²) >= 11 is 0. The molecule has 0 aromatic carbocycles. The first-order valence-corrected chi connectivity index (χ1v) is 6.50. The van der Waals surface area contributed by atoms with Crippen molar-refractivity contribution in [1.29, 1.82) is 0 Å². The summed E-state index contributed by atoms with van der Waals surface area (Å²) in [5.74, 6) is 0.245. The fourth-order valence-corrected chi connectivity index (χ4v) is 2.66. The maximum Gasteiger partial charge on any atom is 0.410 e. The highest BCUT2D eigenvalue weighted by Crippen LogP contribution is 2.45. The summed E-state index contributed by atoms with van der Waals surface area (Å²) in [6.45, 7) is -0.328. The molecular formula is C13H14F3N3O. The molecule has 4 nitrogen and oxygen atoms in total. The third-order valence-corrected chi connectivity index (χ3v) is 3.78. The molecule has 2 atom stereocenters. The smallest absolute Gasteiger partial charge is 0.324 e. The van der Waals surface area contributed by atoms with Gasteiger partial charge < -0.3 is 10.2 Å². The van der Waals surface area contributed by atoms with Gasteiger partial charge in [-0.25, -0.2) is 4.79 Å². The van der Waals surface area contributed by atoms with Gasteiger partial charge in [-0.15, -0.1) is 0 Å². The number of hydrogen-bond acceptors (Lipinski definition) is 2. The summed E-state index contributed by atoms with van der Waals surface area (Å²) in [5, 5.41) is 2.02. The van der Waals surface area contributed by atoms with Crippen molar-refractivity contribution in [3.05, 3.63) is 30.1 Å². The van der Waals surface area contributed by atoms with Crippen LogP contribution in [0.25, 0.3) is 0 Å². The number of urea groups is 1. The van der Waals surface area contributed by atoms with Crippen molar-refractivity contribution in [3.8, 4) is 0 Å². The maximum atomic E-state index is 12.7. The van der Waals surface area contributed by atoms with Gasteiger partial charge in [-0.3, -0.25) is 4.98 Å². The van der Waals surface area contributed by atoms with Crippen LogP contribution in [0, 0.1) is 5.92 Å². The highest BCUT2D eigenvalue weighted by atomic mass is 19.4. The first-order valence-electron chi connectivity index (χ1n) is 6.50. The number of nitrogens with zero attached hydrogens (tertiary/aromatic N) is 2. The van der Waals surface area contributed by atoms with Crippen LogP contribution in [0.15, 0.2) is 24.5 Å². The second-order valence-corrected chi connectivity index (χ2v) is 5.26. The molecule has 0 bridgehead atoms. The fraction of sp³-hybridized carbons (Fsp3) is 0.538. The number of halogens is 3. The normalized spacial score (nSPS) is 24.6. The minimum atomic E-state index is -4.41. The standard InChI is InChI=1S/C13H14F3N3O/c14-13(15,16)10-7-19(12(20)18-10)11(8-1-2-8)9-3-5-17-6-4-9/h3-6,8,10-11H,1-2,7H2,(H,18,20)/t10-,11?/m0/s1. The SMILES string of the molecule is O=C1N[C@H](C(F)(F)F)CN1C(c1ccncc1)C1CC1. The number of alkyl halides is 3. The molecular weight excluding hydrogens is 271 g/mol. The first-order chi connectivity index (χ1) is 9.47. The summed E-state index contributed by atoms with van der Waals surface area (Å²) in [6.07, 6.45) is 0.664. The lowest BCUT2D eigenvalue weighted by molar-refractivity contribution is -0.150. The van der Waals surface area contributed by atoms with Crippen LogP contribution < -0.4 is 5.32 Å². The fourth-order valence-electron chi connectivity index (χ4n) is 2.66. The molecule has 2 heterocycles. The largest absolute Gasteiger partial charge is 0.410 e. The lowest BCUT2D eigenvalue weighted by Crippen LogP contribution is -2.40. The number of hydrogen-bond donors (Lipinski definition) is 1. The van der Waals surface area contributed by atoms with Crippen LogP contribution in [-0.2, 0) is 0 Å². The minimum absolute atomic E-state index is 0.245. The van der Waals surface area contributed by atoms with E-state index in [1.807, 2.05) is 5.32 Å². The van der Waals surface area contributed by atoms with Crippen molar-refractivity contribution in [1.82, 2.24) is 15.2 Å². The molecule has 1 aliphatic heterocycles. The highest BCUT2D eigenvalue weighted by molar-refractivity contribution is 5.77. The van der Waals surface area contributed by atoms with Crippen LogP contribution in [-0.4, -0.2) is 34.7 Å². The molecule has 1 aromatic heterocycles. The van der Waals surface area contributed by atoms with Gasteiger partial charge in [0.05, 0.1) is 12.6 Å². The molecule has 2 fully saturated rings. The van der Waals surface area contributed by atoms with Crippen LogP contribution in [0.4, 0.5) is 18.0 Å². The highest BCUT2D eigenvalue weighted by Gasteiger charge is 2.50. The van der Waals surface area contributed by atoms with Gasteiger partial charge in [0, 0.05) is 12.4 Å². The number of rotatable bonds is 3. The Morgan fingerprint density at radius 3 is 2.45 bits per heavy atom. The van der Waals surface area contributed by atoms with Crippen LogP contribution in [0.2, 0.25) is 0 Å². The molecule has 7 heteroatoms. The van der Waals surface area contributed by atoms with Gasteiger partial charge in [0.15, 0.2) is 0 Å². The number of carbonyl (C=O) groups is 1. The third kappa shape index (κ3) is 2.44. The summed E-state index contributed by atoms with van der Waals surface area (Å²) in [4.78, 5) is 17.1. The minimum Gasteiger partial charge on any atom is -0.324 e. The Balaban J connectivity index is 1.84. The summed E-state index contributed by atoms with van der Waals surface area (Å²) < 4.78 is 38.2. The van der Waals surface area contributed by atoms with E-state index in [4.69, 9.17) is 0 Å². The van der Waals surface area contributed by atoms with E-state index in [-0.39, 0.29) is 18.5 Å². The van der Waals surface area contributed by atoms with Gasteiger partial charge in [-0.2, -0.15) is 13.2 Å². The van der Waals surface area contributed by atoms with Crippen molar-refractivity contribution >= 4 is 6.03 Å². The lowest BCUT2D eigenvalue weighted by Gasteiger charge is -2.27. The second kappa shape index (κ2) is 4.64. The van der Waals surface area contributed by atoms with Crippen LogP contribution in [0.5, 0.6) is 0 Å². The lowest BCUT2D eigenvalue weighted by atomic mass is 10.0. The zero-order valence-corrected chi connectivity index (χ0v) is 10.6. The van der Waals surface area contributed by atoms with Crippen LogP contribution in [0.1, 0.15) is 24.4 Å². The maximum absolute atomic E-state index is 12.7. The quantitative estimate of drug-likeness (QED) is 0.927. The van der Waals surface area contributed by atoms with E-state index in [0.29, 0.717) is 0 Å². The van der Waals surface area contributed by atoms with E-state index in [2.05, 4.69) is 4.98 Å². The molecule has 108 valence electrons. The van der Waals surface area contributed by atoms with Crippen molar-refractivity contribution in [2.45, 2.75) is 31.1 Å². The average molecular weight is 285 g/mol. The van der Waals surface area contributed by atoms with E-state index in [1.54, 1.807) is 24.5 Å². The molecule has 1 aromatic rings. The van der Waals surface area contributed by atoms with Gasteiger partial charge in [0.2, 0.25) is 0 Å². The topological polar surface area (TPSA) is 45.2 Å². The zero-order valence-electron chi connectivity index (χ0n) is 10.6. The second-order valence-electron chi connectivity index (χ2n) is 5.26. The molecule has 0 radical (unpaired) electrons. The molecule has 1 unspecified atom stereocenters. The molecule has 0 spiro atoms. The van der Waals surface area contributed by atoms with Crippen LogP contribution in [0.3, 0.4) is 0 Å². The Morgan fingerprint density at radius 2 is 1.95 bits per heavy atom. The molecule has 2 amide bonds. The summed E-state index contributed by atoms with van der Waals surface area (Å²) in [7, 11) is 0. The molecule has 1 saturated heterocycles. The average Bonchev–Trinajstić information content (AvgIpc) is 3.14. The van der Waals surface area contributed by atoms with E-state index < -0.39 is 18.2 Å². The van der Waals surface area contributed by atoms with Gasteiger partial charge in [-0.1, -0.05) is 0 Å². The van der Waals surface area contributed by atoms with Crippen molar-refractivity contribution in [3.63, 3.8) is 0 Å². The van der Waals surface area contributed by atoms with Gasteiger partial charge in [0.25, 0.3) is 0 Å². The molecule has 1 N–H and O–H groups in total. The third-order valence-electron chi connectivity index (χ3n) is 3.78. The number of aromatic nitrogens is 1. The number of nitrogens with one attached hydrogen (secondary N) is 1. The molecule has 3 rings (SSSR count). The molecule has 1 saturated carbocycles. The number of carbonyl (C=O) groups excluding carboxylic acids is 1. The van der Waals surface area contributed by atoms with E-state index in [1.165, 1.54) is 4.90 Å². The Bertz CT molecular complexity index is 501. The van der Waals surface area contributed by atoms with Gasteiger partial charge in [0.1, 0.15) is 6.04 Å². The number of pyridine rings is 1. The predicted octanol–water partition coefficient (Wildman–Crippen LogP) is 2.49. The van der Waals surface area contributed by atoms with E-state index in [0.717, 1.165) is 18.4 Å². The number of amides is 2. The van der Waals surface area contributed by atoms with Gasteiger partial charge >= 0.3 is 12.2 Å². The molecule has 2 aliphatic rings. The van der Waals surface area contributed by atoms with E-state index in [9.17, 15) is 18.0 Å². The van der Waals surface area contributed by atoms with E-state index >= 15 is 0 Å². The zero-order chi connectivity index (χ0) is 14.3. The van der Waals surface area contributed by atoms with Crippen LogP contribution >= 0.6 is 0 Å². The van der Waals surface area contributed by atoms with Gasteiger partial charge in [-0.05, 0) is 36.5 Å². The molecule has 20 heavy (non-hydrogen) atoms. The Morgan fingerprint density at radius 1 is 1.30 bits per heavy atom. The Labute approximate surface area is 114 Å². The Kier molecular flexibility index (Phi) is 3.07. The summed E-state index contributed by atoms with van der Waals surface area (Å²) in [5.41, 5.74) is 0.848. The van der Waals surface area contributed by atoms with Crippen molar-refractivity contribution < 1.29 is 18.0 Å². The summed E-state index contributed by atoms with van der Waals surface area (Å²) in [6, 6.07) is 0.818. The Hall–Kier alpha value is -1.79. The van der Waals surface area contributed by atoms with Crippen molar-refractivity contribution in [2.24, 2.45) is 5.92 Å². The predicted molar refractivity (Wildman–Crippen MR) is 64.8 cm³/mol.